The van der Waals surface area contributed by atoms with E-state index >= 15 is 0 Å². The molecular weight excluding hydrogens is 438 g/mol. The summed E-state index contributed by atoms with van der Waals surface area (Å²) in [5.74, 6) is -2.49. The van der Waals surface area contributed by atoms with Crippen molar-refractivity contribution in [3.05, 3.63) is 65.5 Å². The lowest BCUT2D eigenvalue weighted by atomic mass is 10.1. The Morgan fingerprint density at radius 2 is 1.62 bits per heavy atom. The Labute approximate surface area is 197 Å². The Hall–Kier alpha value is -4.34. The number of phenolic OH excluding ortho intramolecular Hbond substituents is 1. The summed E-state index contributed by atoms with van der Waals surface area (Å²) in [6, 6.07) is 12.7. The highest BCUT2D eigenvalue weighted by atomic mass is 16.3. The summed E-state index contributed by atoms with van der Waals surface area (Å²) >= 11 is 0. The van der Waals surface area contributed by atoms with Crippen LogP contribution in [0.5, 0.6) is 5.75 Å². The van der Waals surface area contributed by atoms with E-state index in [9.17, 15) is 24.3 Å². The second kappa shape index (κ2) is 10.1. The maximum atomic E-state index is 13.3. The maximum Gasteiger partial charge on any atom is 0.284 e. The number of aromatic hydroxyl groups is 1. The molecule has 0 saturated carbocycles. The molecule has 2 aromatic carbocycles. The van der Waals surface area contributed by atoms with Gasteiger partial charge in [0, 0.05) is 20.1 Å². The first kappa shape index (κ1) is 24.3. The van der Waals surface area contributed by atoms with Crippen LogP contribution in [0, 0.1) is 0 Å². The number of carbonyl (C=O) groups excluding carboxylic acids is 4. The van der Waals surface area contributed by atoms with Crippen molar-refractivity contribution >= 4 is 35.0 Å². The van der Waals surface area contributed by atoms with Crippen molar-refractivity contribution in [1.82, 2.24) is 15.5 Å². The van der Waals surface area contributed by atoms with Gasteiger partial charge in [-0.05, 0) is 38.1 Å². The van der Waals surface area contributed by atoms with Gasteiger partial charge in [-0.1, -0.05) is 24.3 Å². The number of nitrogens with one attached hydrogen (secondary N) is 3. The van der Waals surface area contributed by atoms with Gasteiger partial charge in [0.05, 0.1) is 23.5 Å². The molecule has 4 amide bonds. The highest BCUT2D eigenvalue weighted by Crippen LogP contribution is 2.32. The smallest absolute Gasteiger partial charge is 0.284 e. The predicted octanol–water partition coefficient (Wildman–Crippen LogP) is 1.41. The Morgan fingerprint density at radius 1 is 0.971 bits per heavy atom. The number of phenols is 1. The lowest BCUT2D eigenvalue weighted by molar-refractivity contribution is -0.120. The summed E-state index contributed by atoms with van der Waals surface area (Å²) < 4.78 is 0. The third kappa shape index (κ3) is 5.01. The summed E-state index contributed by atoms with van der Waals surface area (Å²) in [6.07, 6.45) is 0. The molecule has 2 aromatic rings. The summed E-state index contributed by atoms with van der Waals surface area (Å²) in [7, 11) is 3.09. The van der Waals surface area contributed by atoms with Crippen molar-refractivity contribution in [3.63, 3.8) is 0 Å². The first-order valence-corrected chi connectivity index (χ1v) is 10.6. The molecule has 0 aromatic heterocycles. The highest BCUT2D eigenvalue weighted by molar-refractivity contribution is 6.33. The van der Waals surface area contributed by atoms with Crippen LogP contribution in [0.4, 0.5) is 11.4 Å². The minimum Gasteiger partial charge on any atom is -0.505 e. The van der Waals surface area contributed by atoms with Gasteiger partial charge in [-0.25, -0.2) is 4.90 Å². The molecule has 34 heavy (non-hydrogen) atoms. The van der Waals surface area contributed by atoms with E-state index in [2.05, 4.69) is 16.0 Å². The number of anilines is 2. The molecular formula is C24H27N5O5. The molecule has 0 spiro atoms. The lowest BCUT2D eigenvalue weighted by Gasteiger charge is -2.16. The molecule has 0 atom stereocenters. The van der Waals surface area contributed by atoms with Gasteiger partial charge in [-0.2, -0.15) is 0 Å². The van der Waals surface area contributed by atoms with Gasteiger partial charge in [0.15, 0.2) is 5.75 Å². The van der Waals surface area contributed by atoms with Crippen molar-refractivity contribution in [2.45, 2.75) is 19.9 Å². The zero-order valence-corrected chi connectivity index (χ0v) is 19.4. The molecule has 0 saturated heterocycles. The fourth-order valence-electron chi connectivity index (χ4n) is 3.36. The van der Waals surface area contributed by atoms with E-state index in [1.807, 2.05) is 0 Å². The molecule has 0 unspecified atom stereocenters. The first-order valence-electron chi connectivity index (χ1n) is 10.6. The molecule has 1 aliphatic heterocycles. The van der Waals surface area contributed by atoms with E-state index in [1.165, 1.54) is 17.0 Å². The average Bonchev–Trinajstić information content (AvgIpc) is 3.02. The predicted molar refractivity (Wildman–Crippen MR) is 127 cm³/mol. The van der Waals surface area contributed by atoms with E-state index in [-0.39, 0.29) is 46.9 Å². The number of imide groups is 1. The SMILES string of the molecule is CC(C)NC(=O)CNC1=C(Nc2cccc(C(=O)N(C)C)c2O)C(=O)N(c2ccccc2)C1=O. The van der Waals surface area contributed by atoms with Crippen LogP contribution in [-0.4, -0.2) is 60.3 Å². The Kier molecular flexibility index (Phi) is 7.20. The van der Waals surface area contributed by atoms with Crippen LogP contribution in [0.15, 0.2) is 59.9 Å². The zero-order valence-electron chi connectivity index (χ0n) is 19.4. The average molecular weight is 466 g/mol. The van der Waals surface area contributed by atoms with Crippen LogP contribution in [0.25, 0.3) is 0 Å². The number of para-hydroxylation sites is 2. The van der Waals surface area contributed by atoms with E-state index in [0.29, 0.717) is 5.69 Å². The van der Waals surface area contributed by atoms with Crippen LogP contribution < -0.4 is 20.9 Å². The van der Waals surface area contributed by atoms with Gasteiger partial charge in [0.2, 0.25) is 5.91 Å². The maximum absolute atomic E-state index is 13.3. The van der Waals surface area contributed by atoms with Gasteiger partial charge in [-0.3, -0.25) is 19.2 Å². The molecule has 0 aliphatic carbocycles. The summed E-state index contributed by atoms with van der Waals surface area (Å²) in [6.45, 7) is 3.36. The lowest BCUT2D eigenvalue weighted by Crippen LogP contribution is -2.39. The van der Waals surface area contributed by atoms with Gasteiger partial charge < -0.3 is 26.0 Å². The second-order valence-electron chi connectivity index (χ2n) is 8.13. The number of carbonyl (C=O) groups is 4. The van der Waals surface area contributed by atoms with Crippen LogP contribution >= 0.6 is 0 Å². The quantitative estimate of drug-likeness (QED) is 0.342. The van der Waals surface area contributed by atoms with E-state index in [1.54, 1.807) is 64.3 Å². The topological polar surface area (TPSA) is 131 Å². The molecule has 0 radical (unpaired) electrons. The highest BCUT2D eigenvalue weighted by Gasteiger charge is 2.40. The fourth-order valence-corrected chi connectivity index (χ4v) is 3.36. The molecule has 1 aliphatic rings. The number of hydrogen-bond acceptors (Lipinski definition) is 7. The van der Waals surface area contributed by atoms with Crippen LogP contribution in [0.2, 0.25) is 0 Å². The van der Waals surface area contributed by atoms with Crippen molar-refractivity contribution in [2.24, 2.45) is 0 Å². The molecule has 10 heteroatoms. The minimum atomic E-state index is -0.674. The summed E-state index contributed by atoms with van der Waals surface area (Å²) in [5.41, 5.74) is 0.149. The van der Waals surface area contributed by atoms with Crippen molar-refractivity contribution < 1.29 is 24.3 Å². The normalized spacial score (nSPS) is 13.4. The van der Waals surface area contributed by atoms with Crippen LogP contribution in [0.3, 0.4) is 0 Å². The number of nitrogens with zero attached hydrogens (tertiary/aromatic N) is 2. The van der Waals surface area contributed by atoms with Crippen LogP contribution in [-0.2, 0) is 14.4 Å². The second-order valence-corrected chi connectivity index (χ2v) is 8.13. The molecule has 0 fully saturated rings. The van der Waals surface area contributed by atoms with Gasteiger partial charge >= 0.3 is 0 Å². The monoisotopic (exact) mass is 465 g/mol. The third-order valence-corrected chi connectivity index (χ3v) is 4.91. The minimum absolute atomic E-state index is 0.0260. The van der Waals surface area contributed by atoms with Crippen LogP contribution in [0.1, 0.15) is 24.2 Å². The van der Waals surface area contributed by atoms with Gasteiger partial charge in [0.25, 0.3) is 17.7 Å². The Bertz CT molecular complexity index is 1160. The molecule has 1 heterocycles. The number of hydrogen-bond donors (Lipinski definition) is 4. The molecule has 0 bridgehead atoms. The number of benzene rings is 2. The van der Waals surface area contributed by atoms with Crippen molar-refractivity contribution in [1.29, 1.82) is 0 Å². The molecule has 10 nitrogen and oxygen atoms in total. The fraction of sp³-hybridized carbons (Fsp3) is 0.250. The van der Waals surface area contributed by atoms with E-state index in [0.717, 1.165) is 4.90 Å². The van der Waals surface area contributed by atoms with E-state index in [4.69, 9.17) is 0 Å². The molecule has 178 valence electrons. The summed E-state index contributed by atoms with van der Waals surface area (Å²) in [4.78, 5) is 53.3. The zero-order chi connectivity index (χ0) is 25.0. The Morgan fingerprint density at radius 3 is 2.24 bits per heavy atom. The third-order valence-electron chi connectivity index (χ3n) is 4.91. The van der Waals surface area contributed by atoms with Gasteiger partial charge in [0.1, 0.15) is 11.4 Å². The van der Waals surface area contributed by atoms with Gasteiger partial charge in [-0.15, -0.1) is 0 Å². The Balaban J connectivity index is 1.99. The standard InChI is InChI=1S/C24H27N5O5/c1-14(2)26-18(30)13-25-19-20(24(34)29(23(19)33)15-9-6-5-7-10-15)27-17-12-8-11-16(21(17)31)22(32)28(3)4/h5-12,14,25,27,31H,13H2,1-4H3,(H,26,30). The largest absolute Gasteiger partial charge is 0.505 e. The van der Waals surface area contributed by atoms with Crippen molar-refractivity contribution in [3.8, 4) is 5.75 Å². The summed E-state index contributed by atoms with van der Waals surface area (Å²) in [5, 5.41) is 18.9. The first-order chi connectivity index (χ1) is 16.1. The van der Waals surface area contributed by atoms with E-state index < -0.39 is 17.7 Å². The number of rotatable bonds is 8. The van der Waals surface area contributed by atoms with Crippen molar-refractivity contribution in [2.75, 3.05) is 30.9 Å². The molecule has 3 rings (SSSR count). The number of amides is 4. The molecule has 4 N–H and O–H groups in total.